The van der Waals surface area contributed by atoms with Crippen LogP contribution < -0.4 is 5.32 Å². The van der Waals surface area contributed by atoms with E-state index in [-0.39, 0.29) is 24.2 Å². The molecule has 1 fully saturated rings. The molecule has 6 nitrogen and oxygen atoms in total. The van der Waals surface area contributed by atoms with Crippen LogP contribution in [0.15, 0.2) is 72.9 Å². The molecule has 1 unspecified atom stereocenters. The molecule has 1 N–H and O–H groups in total. The second-order valence-corrected chi connectivity index (χ2v) is 8.22. The zero-order chi connectivity index (χ0) is 21.9. The fourth-order valence-corrected chi connectivity index (χ4v) is 4.28. The van der Waals surface area contributed by atoms with Crippen molar-refractivity contribution in [3.05, 3.63) is 101 Å². The molecule has 162 valence electrons. The van der Waals surface area contributed by atoms with Crippen molar-refractivity contribution < 1.29 is 9.18 Å². The number of hydrogen-bond acceptors (Lipinski definition) is 4. The van der Waals surface area contributed by atoms with E-state index in [0.29, 0.717) is 11.1 Å². The molecule has 7 heteroatoms. The molecule has 2 aromatic heterocycles. The summed E-state index contributed by atoms with van der Waals surface area (Å²) in [4.78, 5) is 15.1. The molecule has 4 aromatic rings. The van der Waals surface area contributed by atoms with Crippen molar-refractivity contribution in [3.8, 4) is 0 Å². The van der Waals surface area contributed by atoms with Gasteiger partial charge in [-0.3, -0.25) is 14.1 Å². The quantitative estimate of drug-likeness (QED) is 0.507. The third kappa shape index (κ3) is 4.38. The normalized spacial score (nSPS) is 16.5. The number of carbonyl (C=O) groups is 1. The maximum absolute atomic E-state index is 13.4. The van der Waals surface area contributed by atoms with Gasteiger partial charge in [-0.2, -0.15) is 0 Å². The Hall–Kier alpha value is -3.58. The Kier molecular flexibility index (Phi) is 5.64. The second kappa shape index (κ2) is 8.88. The summed E-state index contributed by atoms with van der Waals surface area (Å²) >= 11 is 0. The van der Waals surface area contributed by atoms with Crippen molar-refractivity contribution >= 4 is 11.6 Å². The van der Waals surface area contributed by atoms with Crippen molar-refractivity contribution in [3.63, 3.8) is 0 Å². The first kappa shape index (κ1) is 20.3. The third-order valence-electron chi connectivity index (χ3n) is 5.92. The van der Waals surface area contributed by atoms with Crippen molar-refractivity contribution in [1.29, 1.82) is 0 Å². The van der Waals surface area contributed by atoms with Crippen LogP contribution in [0.3, 0.4) is 0 Å². The molecule has 0 spiro atoms. The first-order valence-corrected chi connectivity index (χ1v) is 10.8. The summed E-state index contributed by atoms with van der Waals surface area (Å²) in [6, 6.07) is 20.2. The predicted molar refractivity (Wildman–Crippen MR) is 120 cm³/mol. The molecule has 5 rings (SSSR count). The van der Waals surface area contributed by atoms with Gasteiger partial charge in [-0.05, 0) is 48.4 Å². The van der Waals surface area contributed by atoms with Gasteiger partial charge in [-0.25, -0.2) is 4.39 Å². The van der Waals surface area contributed by atoms with Gasteiger partial charge in [0.05, 0.1) is 5.56 Å². The molecule has 3 heterocycles. The maximum Gasteiger partial charge on any atom is 0.253 e. The van der Waals surface area contributed by atoms with Crippen molar-refractivity contribution in [2.24, 2.45) is 0 Å². The topological polar surface area (TPSA) is 62.5 Å². The Morgan fingerprint density at radius 3 is 2.72 bits per heavy atom. The van der Waals surface area contributed by atoms with E-state index in [1.165, 1.54) is 17.7 Å². The van der Waals surface area contributed by atoms with Crippen LogP contribution in [0.2, 0.25) is 0 Å². The Morgan fingerprint density at radius 2 is 1.88 bits per heavy atom. The summed E-state index contributed by atoms with van der Waals surface area (Å²) in [6.45, 7) is 3.09. The first-order chi connectivity index (χ1) is 15.7. The number of rotatable bonds is 6. The number of amides is 1. The average molecular weight is 429 g/mol. The highest BCUT2D eigenvalue weighted by Gasteiger charge is 2.27. The molecular weight excluding hydrogens is 405 g/mol. The lowest BCUT2D eigenvalue weighted by Crippen LogP contribution is -2.23. The number of halogens is 1. The lowest BCUT2D eigenvalue weighted by atomic mass is 10.1. The van der Waals surface area contributed by atoms with Crippen LogP contribution in [0.25, 0.3) is 5.65 Å². The molecule has 0 bridgehead atoms. The maximum atomic E-state index is 13.4. The van der Waals surface area contributed by atoms with Gasteiger partial charge in [0.25, 0.3) is 5.91 Å². The number of nitrogens with one attached hydrogen (secondary N) is 1. The van der Waals surface area contributed by atoms with Crippen LogP contribution >= 0.6 is 0 Å². The fraction of sp³-hybridized carbons (Fsp3) is 0.240. The largest absolute Gasteiger partial charge is 0.348 e. The van der Waals surface area contributed by atoms with E-state index < -0.39 is 0 Å². The minimum atomic E-state index is -0.315. The first-order valence-electron chi connectivity index (χ1n) is 10.8. The number of aromatic nitrogens is 3. The van der Waals surface area contributed by atoms with E-state index in [2.05, 4.69) is 44.7 Å². The number of benzene rings is 2. The highest BCUT2D eigenvalue weighted by Crippen LogP contribution is 2.27. The zero-order valence-corrected chi connectivity index (χ0v) is 17.6. The van der Waals surface area contributed by atoms with Crippen LogP contribution in [0.4, 0.5) is 4.39 Å². The number of pyridine rings is 1. The van der Waals surface area contributed by atoms with Gasteiger partial charge in [-0.1, -0.05) is 42.5 Å². The number of nitrogens with zero attached hydrogens (tertiary/aromatic N) is 4. The van der Waals surface area contributed by atoms with E-state index in [9.17, 15) is 9.18 Å². The molecule has 0 saturated carbocycles. The SMILES string of the molecule is O=C(NCc1cccc(F)c1)c1ccc2nnc(C3CCN(Cc4ccccc4)C3)n2c1. The average Bonchev–Trinajstić information content (AvgIpc) is 3.44. The van der Waals surface area contributed by atoms with E-state index >= 15 is 0 Å². The number of fused-ring (bicyclic) bond motifs is 1. The summed E-state index contributed by atoms with van der Waals surface area (Å²) < 4.78 is 15.3. The van der Waals surface area contributed by atoms with Crippen molar-refractivity contribution in [2.75, 3.05) is 13.1 Å². The molecule has 0 aliphatic carbocycles. The third-order valence-corrected chi connectivity index (χ3v) is 5.92. The van der Waals surface area contributed by atoms with E-state index in [1.807, 2.05) is 16.5 Å². The van der Waals surface area contributed by atoms with Gasteiger partial charge >= 0.3 is 0 Å². The Balaban J connectivity index is 1.29. The van der Waals surface area contributed by atoms with E-state index in [1.54, 1.807) is 24.4 Å². The molecule has 1 amide bonds. The molecule has 1 aliphatic rings. The number of hydrogen-bond donors (Lipinski definition) is 1. The smallest absolute Gasteiger partial charge is 0.253 e. The van der Waals surface area contributed by atoms with Gasteiger partial charge in [0, 0.05) is 31.7 Å². The summed E-state index contributed by atoms with van der Waals surface area (Å²) in [5.74, 6) is 0.618. The minimum absolute atomic E-state index is 0.215. The molecular formula is C25H24FN5O. The predicted octanol–water partition coefficient (Wildman–Crippen LogP) is 3.79. The minimum Gasteiger partial charge on any atom is -0.348 e. The van der Waals surface area contributed by atoms with Gasteiger partial charge in [0.2, 0.25) is 0 Å². The van der Waals surface area contributed by atoms with Crippen molar-refractivity contribution in [1.82, 2.24) is 24.8 Å². The lowest BCUT2D eigenvalue weighted by Gasteiger charge is -2.15. The summed E-state index contributed by atoms with van der Waals surface area (Å²) in [6.07, 6.45) is 2.80. The Morgan fingerprint density at radius 1 is 1.03 bits per heavy atom. The van der Waals surface area contributed by atoms with Gasteiger partial charge in [0.15, 0.2) is 5.65 Å². The van der Waals surface area contributed by atoms with Crippen LogP contribution in [-0.2, 0) is 13.1 Å². The summed E-state index contributed by atoms with van der Waals surface area (Å²) in [7, 11) is 0. The molecule has 1 saturated heterocycles. The highest BCUT2D eigenvalue weighted by molar-refractivity contribution is 5.94. The van der Waals surface area contributed by atoms with Crippen LogP contribution in [0.5, 0.6) is 0 Å². The number of carbonyl (C=O) groups excluding carboxylic acids is 1. The van der Waals surface area contributed by atoms with E-state index in [4.69, 9.17) is 0 Å². The standard InChI is InChI=1S/C25H24FN5O/c26-22-8-4-7-19(13-22)14-27-25(32)21-9-10-23-28-29-24(31(23)17-21)20-11-12-30(16-20)15-18-5-2-1-3-6-18/h1-10,13,17,20H,11-12,14-16H2,(H,27,32). The molecule has 1 atom stereocenters. The Labute approximate surface area is 185 Å². The highest BCUT2D eigenvalue weighted by atomic mass is 19.1. The number of likely N-dealkylation sites (tertiary alicyclic amines) is 1. The monoisotopic (exact) mass is 429 g/mol. The summed E-state index contributed by atoms with van der Waals surface area (Å²) in [5, 5.41) is 11.6. The van der Waals surface area contributed by atoms with Crippen LogP contribution in [0.1, 0.15) is 39.6 Å². The molecule has 2 aromatic carbocycles. The van der Waals surface area contributed by atoms with E-state index in [0.717, 1.165) is 37.5 Å². The molecule has 0 radical (unpaired) electrons. The Bertz CT molecular complexity index is 1240. The van der Waals surface area contributed by atoms with Crippen molar-refractivity contribution in [2.45, 2.75) is 25.4 Å². The fourth-order valence-electron chi connectivity index (χ4n) is 4.28. The van der Waals surface area contributed by atoms with Crippen LogP contribution in [-0.4, -0.2) is 38.5 Å². The summed E-state index contributed by atoms with van der Waals surface area (Å²) in [5.41, 5.74) is 3.27. The van der Waals surface area contributed by atoms with Gasteiger partial charge in [-0.15, -0.1) is 10.2 Å². The second-order valence-electron chi connectivity index (χ2n) is 8.22. The van der Waals surface area contributed by atoms with Gasteiger partial charge < -0.3 is 5.32 Å². The van der Waals surface area contributed by atoms with Gasteiger partial charge in [0.1, 0.15) is 11.6 Å². The molecule has 1 aliphatic heterocycles. The van der Waals surface area contributed by atoms with Crippen LogP contribution in [0, 0.1) is 5.82 Å². The zero-order valence-electron chi connectivity index (χ0n) is 17.6. The molecule has 32 heavy (non-hydrogen) atoms. The lowest BCUT2D eigenvalue weighted by molar-refractivity contribution is 0.0950.